The van der Waals surface area contributed by atoms with Crippen LogP contribution in [-0.2, 0) is 9.59 Å². The molecule has 0 atom stereocenters. The van der Waals surface area contributed by atoms with E-state index in [2.05, 4.69) is 13.2 Å². The van der Waals surface area contributed by atoms with E-state index in [4.69, 9.17) is 10.2 Å². The van der Waals surface area contributed by atoms with Crippen molar-refractivity contribution in [2.45, 2.75) is 13.8 Å². The summed E-state index contributed by atoms with van der Waals surface area (Å²) in [6.07, 6.45) is 0. The van der Waals surface area contributed by atoms with Gasteiger partial charge in [0.1, 0.15) is 0 Å². The number of carboxylic acids is 2. The van der Waals surface area contributed by atoms with E-state index in [1.807, 2.05) is 0 Å². The first-order valence-corrected chi connectivity index (χ1v) is 3.06. The van der Waals surface area contributed by atoms with Crippen LogP contribution in [-0.4, -0.2) is 51.7 Å². The summed E-state index contributed by atoms with van der Waals surface area (Å²) in [6, 6.07) is 0. The minimum absolute atomic E-state index is 0. The molecule has 0 fully saturated rings. The largest absolute Gasteiger partial charge is 0.478 e. The summed E-state index contributed by atoms with van der Waals surface area (Å²) in [7, 11) is 0. The molecule has 0 aromatic carbocycles. The van der Waals surface area contributed by atoms with Crippen molar-refractivity contribution in [3.8, 4) is 0 Å². The van der Waals surface area contributed by atoms with Gasteiger partial charge in [-0.25, -0.2) is 9.59 Å². The van der Waals surface area contributed by atoms with Crippen LogP contribution in [0, 0.1) is 0 Å². The van der Waals surface area contributed by atoms with Crippen LogP contribution in [0.25, 0.3) is 0 Å². The number of carboxylic acid groups (broad SMARTS) is 2. The number of rotatable bonds is 2. The zero-order chi connectivity index (χ0) is 10.3. The average Bonchev–Trinajstić information content (AvgIpc) is 1.88. The van der Waals surface area contributed by atoms with E-state index in [1.54, 1.807) is 0 Å². The Hall–Kier alpha value is -0.580. The van der Waals surface area contributed by atoms with Gasteiger partial charge in [-0.3, -0.25) is 0 Å². The SMILES string of the molecule is C=C(C)C(=O)O.C=C(C)C(=O)O.[Na]. The minimum atomic E-state index is -0.935. The van der Waals surface area contributed by atoms with E-state index in [1.165, 1.54) is 13.8 Å². The topological polar surface area (TPSA) is 74.6 Å². The van der Waals surface area contributed by atoms with Gasteiger partial charge in [-0.1, -0.05) is 13.2 Å². The molecule has 4 nitrogen and oxygen atoms in total. The third kappa shape index (κ3) is 18.4. The Balaban J connectivity index is -0.000000143. The molecule has 5 heteroatoms. The Morgan fingerprint density at radius 1 is 0.923 bits per heavy atom. The third-order valence-electron chi connectivity index (χ3n) is 0.730. The van der Waals surface area contributed by atoms with Crippen LogP contribution in [0.15, 0.2) is 24.3 Å². The van der Waals surface area contributed by atoms with Crippen molar-refractivity contribution >= 4 is 41.5 Å². The van der Waals surface area contributed by atoms with E-state index in [9.17, 15) is 9.59 Å². The van der Waals surface area contributed by atoms with Gasteiger partial charge in [0.05, 0.1) is 0 Å². The quantitative estimate of drug-likeness (QED) is 0.507. The molecule has 0 aromatic heterocycles. The Morgan fingerprint density at radius 3 is 1.00 bits per heavy atom. The van der Waals surface area contributed by atoms with Crippen LogP contribution >= 0.6 is 0 Å². The summed E-state index contributed by atoms with van der Waals surface area (Å²) < 4.78 is 0. The molecule has 0 heterocycles. The second-order valence-corrected chi connectivity index (χ2v) is 2.17. The molecular weight excluding hydrogens is 183 g/mol. The number of hydrogen-bond acceptors (Lipinski definition) is 2. The molecule has 0 aliphatic rings. The fourth-order valence-electron chi connectivity index (χ4n) is 0. The van der Waals surface area contributed by atoms with Crippen LogP contribution in [0.1, 0.15) is 13.8 Å². The predicted molar refractivity (Wildman–Crippen MR) is 50.7 cm³/mol. The van der Waals surface area contributed by atoms with Crippen molar-refractivity contribution in [2.75, 3.05) is 0 Å². The Kier molecular flexibility index (Phi) is 13.3. The summed E-state index contributed by atoms with van der Waals surface area (Å²) in [6.45, 7) is 9.20. The summed E-state index contributed by atoms with van der Waals surface area (Å²) in [5, 5.41) is 15.8. The van der Waals surface area contributed by atoms with Gasteiger partial charge in [-0.2, -0.15) is 0 Å². The molecule has 0 spiro atoms. The van der Waals surface area contributed by atoms with Crippen LogP contribution in [0.5, 0.6) is 0 Å². The molecule has 1 radical (unpaired) electrons. The maximum absolute atomic E-state index is 9.60. The molecule has 0 aliphatic heterocycles. The van der Waals surface area contributed by atoms with E-state index in [0.29, 0.717) is 0 Å². The fraction of sp³-hybridized carbons (Fsp3) is 0.250. The van der Waals surface area contributed by atoms with Crippen molar-refractivity contribution in [3.05, 3.63) is 24.3 Å². The first-order valence-electron chi connectivity index (χ1n) is 3.06. The molecule has 0 bridgehead atoms. The van der Waals surface area contributed by atoms with Crippen molar-refractivity contribution in [1.29, 1.82) is 0 Å². The molecule has 0 rings (SSSR count). The van der Waals surface area contributed by atoms with Crippen LogP contribution < -0.4 is 0 Å². The molecule has 0 aromatic rings. The Labute approximate surface area is 99.2 Å². The van der Waals surface area contributed by atoms with Crippen molar-refractivity contribution in [1.82, 2.24) is 0 Å². The van der Waals surface area contributed by atoms with E-state index in [-0.39, 0.29) is 40.7 Å². The Morgan fingerprint density at radius 2 is 1.00 bits per heavy atom. The maximum atomic E-state index is 9.60. The summed E-state index contributed by atoms with van der Waals surface area (Å²) in [5.74, 6) is -1.87. The van der Waals surface area contributed by atoms with Crippen LogP contribution in [0.3, 0.4) is 0 Å². The number of aliphatic carboxylic acids is 2. The van der Waals surface area contributed by atoms with Gasteiger partial charge in [0.25, 0.3) is 0 Å². The van der Waals surface area contributed by atoms with Crippen molar-refractivity contribution in [2.24, 2.45) is 0 Å². The molecule has 0 unspecified atom stereocenters. The molecule has 0 amide bonds. The monoisotopic (exact) mass is 195 g/mol. The normalized spacial score (nSPS) is 6.92. The van der Waals surface area contributed by atoms with Crippen molar-refractivity contribution < 1.29 is 19.8 Å². The van der Waals surface area contributed by atoms with Gasteiger partial charge in [0.15, 0.2) is 0 Å². The third-order valence-corrected chi connectivity index (χ3v) is 0.730. The number of hydrogen-bond donors (Lipinski definition) is 2. The Bertz CT molecular complexity index is 172. The van der Waals surface area contributed by atoms with Gasteiger partial charge in [0, 0.05) is 40.7 Å². The number of carbonyl (C=O) groups is 2. The van der Waals surface area contributed by atoms with E-state index in [0.717, 1.165) is 0 Å². The zero-order valence-electron chi connectivity index (χ0n) is 8.13. The maximum Gasteiger partial charge on any atom is 0.330 e. The van der Waals surface area contributed by atoms with E-state index < -0.39 is 11.9 Å². The standard InChI is InChI=1S/2C4H6O2.Na/c2*1-3(2)4(5)6;/h2*1H2,2H3,(H,5,6);. The summed E-state index contributed by atoms with van der Waals surface area (Å²) in [5.41, 5.74) is 0.352. The first kappa shape index (κ1) is 18.3. The van der Waals surface area contributed by atoms with E-state index >= 15 is 0 Å². The second-order valence-electron chi connectivity index (χ2n) is 2.17. The summed E-state index contributed by atoms with van der Waals surface area (Å²) in [4.78, 5) is 19.2. The molecule has 2 N–H and O–H groups in total. The zero-order valence-corrected chi connectivity index (χ0v) is 10.1. The average molecular weight is 195 g/mol. The molecule has 0 aliphatic carbocycles. The first-order chi connectivity index (χ1) is 5.29. The van der Waals surface area contributed by atoms with Gasteiger partial charge in [-0.15, -0.1) is 0 Å². The van der Waals surface area contributed by atoms with Gasteiger partial charge in [-0.05, 0) is 13.8 Å². The minimum Gasteiger partial charge on any atom is -0.478 e. The van der Waals surface area contributed by atoms with Crippen LogP contribution in [0.2, 0.25) is 0 Å². The molecule has 0 saturated heterocycles. The fourth-order valence-corrected chi connectivity index (χ4v) is 0. The van der Waals surface area contributed by atoms with Gasteiger partial charge in [0.2, 0.25) is 0 Å². The molecular formula is C8H12NaO4. The second kappa shape index (κ2) is 9.51. The molecule has 69 valence electrons. The molecule has 13 heavy (non-hydrogen) atoms. The van der Waals surface area contributed by atoms with Gasteiger partial charge >= 0.3 is 11.9 Å². The smallest absolute Gasteiger partial charge is 0.330 e. The van der Waals surface area contributed by atoms with Gasteiger partial charge < -0.3 is 10.2 Å². The molecule has 0 saturated carbocycles. The van der Waals surface area contributed by atoms with Crippen LogP contribution in [0.4, 0.5) is 0 Å². The van der Waals surface area contributed by atoms with Crippen molar-refractivity contribution in [3.63, 3.8) is 0 Å². The predicted octanol–water partition coefficient (Wildman–Crippen LogP) is 0.913. The summed E-state index contributed by atoms with van der Waals surface area (Å²) >= 11 is 0.